The van der Waals surface area contributed by atoms with Crippen LogP contribution in [-0.2, 0) is 0 Å². The van der Waals surface area contributed by atoms with Gasteiger partial charge in [-0.2, -0.15) is 0 Å². The number of nitrogens with zero attached hydrogens (tertiary/aromatic N) is 3. The van der Waals surface area contributed by atoms with Gasteiger partial charge in [0.05, 0.1) is 18.5 Å². The molecule has 0 unspecified atom stereocenters. The number of rotatable bonds is 2. The minimum absolute atomic E-state index is 0.931. The molecule has 0 saturated heterocycles. The van der Waals surface area contributed by atoms with Gasteiger partial charge in [0.25, 0.3) is 0 Å². The summed E-state index contributed by atoms with van der Waals surface area (Å²) in [7, 11) is 0. The van der Waals surface area contributed by atoms with E-state index in [0.717, 1.165) is 11.4 Å². The monoisotopic (exact) mass is 215 g/mol. The molecule has 0 fully saturated rings. The first kappa shape index (κ1) is 8.84. The maximum absolute atomic E-state index is 5.01. The predicted molar refractivity (Wildman–Crippen MR) is 51.8 cm³/mol. The predicted octanol–water partition coefficient (Wildman–Crippen LogP) is 0.821. The molecular formula is C11H9N3O2+2. The van der Waals surface area contributed by atoms with E-state index in [1.54, 1.807) is 37.7 Å². The van der Waals surface area contributed by atoms with E-state index < -0.39 is 0 Å². The van der Waals surface area contributed by atoms with E-state index in [4.69, 9.17) is 8.83 Å². The Morgan fingerprint density at radius 3 is 1.88 bits per heavy atom. The van der Waals surface area contributed by atoms with Crippen LogP contribution in [0.1, 0.15) is 0 Å². The molecule has 0 atom stereocenters. The van der Waals surface area contributed by atoms with Crippen molar-refractivity contribution in [1.29, 1.82) is 0 Å². The average molecular weight is 215 g/mol. The smallest absolute Gasteiger partial charge is 0.340 e. The van der Waals surface area contributed by atoms with Crippen molar-refractivity contribution < 1.29 is 18.0 Å². The zero-order chi connectivity index (χ0) is 10.8. The summed E-state index contributed by atoms with van der Waals surface area (Å²) in [5, 5.41) is 0. The highest BCUT2D eigenvalue weighted by molar-refractivity contribution is 5.28. The van der Waals surface area contributed by atoms with Crippen LogP contribution in [0.3, 0.4) is 0 Å². The van der Waals surface area contributed by atoms with Crippen molar-refractivity contribution in [3.8, 4) is 11.4 Å². The molecule has 5 heteroatoms. The van der Waals surface area contributed by atoms with Crippen LogP contribution < -0.4 is 9.13 Å². The van der Waals surface area contributed by atoms with Gasteiger partial charge in [-0.3, -0.25) is 4.98 Å². The summed E-state index contributed by atoms with van der Waals surface area (Å²) in [6.07, 6.45) is 13.6. The van der Waals surface area contributed by atoms with Gasteiger partial charge in [0.15, 0.2) is 12.5 Å². The van der Waals surface area contributed by atoms with Crippen molar-refractivity contribution in [2.45, 2.75) is 0 Å². The molecule has 0 amide bonds. The van der Waals surface area contributed by atoms with Crippen molar-refractivity contribution in [2.24, 2.45) is 0 Å². The van der Waals surface area contributed by atoms with E-state index in [-0.39, 0.29) is 0 Å². The topological polar surface area (TPSA) is 46.9 Å². The SMILES string of the molecule is c1c[n+](-c2cncc(-[n+]3ccoc3)c2)co1. The van der Waals surface area contributed by atoms with E-state index in [1.165, 1.54) is 0 Å². The van der Waals surface area contributed by atoms with E-state index in [2.05, 4.69) is 4.98 Å². The van der Waals surface area contributed by atoms with E-state index in [1.807, 2.05) is 27.6 Å². The lowest BCUT2D eigenvalue weighted by atomic mass is 10.3. The van der Waals surface area contributed by atoms with Gasteiger partial charge in [0, 0.05) is 0 Å². The lowest BCUT2D eigenvalue weighted by molar-refractivity contribution is -0.608. The molecule has 0 N–H and O–H groups in total. The average Bonchev–Trinajstić information content (AvgIpc) is 3.03. The number of aromatic nitrogens is 3. The second kappa shape index (κ2) is 3.62. The molecule has 0 aliphatic heterocycles. The van der Waals surface area contributed by atoms with Crippen LogP contribution in [0.2, 0.25) is 0 Å². The molecule has 0 saturated carbocycles. The third kappa shape index (κ3) is 1.48. The minimum Gasteiger partial charge on any atom is -0.412 e. The lowest BCUT2D eigenvalue weighted by Crippen LogP contribution is -2.31. The molecule has 0 spiro atoms. The van der Waals surface area contributed by atoms with Crippen molar-refractivity contribution in [3.63, 3.8) is 0 Å². The summed E-state index contributed by atoms with van der Waals surface area (Å²) >= 11 is 0. The molecule has 0 bridgehead atoms. The quantitative estimate of drug-likeness (QED) is 0.594. The molecule has 0 aromatic carbocycles. The fourth-order valence-corrected chi connectivity index (χ4v) is 1.47. The summed E-state index contributed by atoms with van der Waals surface area (Å²) in [6.45, 7) is 0. The zero-order valence-corrected chi connectivity index (χ0v) is 8.35. The molecule has 3 aromatic heterocycles. The highest BCUT2D eigenvalue weighted by Gasteiger charge is 2.14. The number of oxazole rings is 2. The van der Waals surface area contributed by atoms with Crippen molar-refractivity contribution in [1.82, 2.24) is 4.98 Å². The van der Waals surface area contributed by atoms with Crippen molar-refractivity contribution >= 4 is 0 Å². The van der Waals surface area contributed by atoms with Gasteiger partial charge < -0.3 is 8.83 Å². The van der Waals surface area contributed by atoms with Gasteiger partial charge >= 0.3 is 12.8 Å². The van der Waals surface area contributed by atoms with Gasteiger partial charge in [-0.25, -0.2) is 0 Å². The van der Waals surface area contributed by atoms with Crippen LogP contribution >= 0.6 is 0 Å². The normalized spacial score (nSPS) is 10.5. The highest BCUT2D eigenvalue weighted by Crippen LogP contribution is 2.02. The molecule has 16 heavy (non-hydrogen) atoms. The van der Waals surface area contributed by atoms with E-state index in [0.29, 0.717) is 0 Å². The van der Waals surface area contributed by atoms with Crippen molar-refractivity contribution in [3.05, 3.63) is 56.2 Å². The minimum atomic E-state index is 0.931. The molecule has 78 valence electrons. The van der Waals surface area contributed by atoms with Gasteiger partial charge in [-0.15, -0.1) is 9.13 Å². The van der Waals surface area contributed by atoms with E-state index in [9.17, 15) is 0 Å². The second-order valence-electron chi connectivity index (χ2n) is 3.27. The first-order valence-electron chi connectivity index (χ1n) is 4.76. The van der Waals surface area contributed by atoms with Crippen LogP contribution in [0.25, 0.3) is 11.4 Å². The summed E-state index contributed by atoms with van der Waals surface area (Å²) in [6, 6.07) is 1.98. The Kier molecular flexibility index (Phi) is 2.00. The first-order valence-corrected chi connectivity index (χ1v) is 4.76. The molecule has 3 rings (SSSR count). The second-order valence-corrected chi connectivity index (χ2v) is 3.27. The fraction of sp³-hybridized carbons (Fsp3) is 0. The molecular weight excluding hydrogens is 206 g/mol. The number of hydrogen-bond acceptors (Lipinski definition) is 3. The Morgan fingerprint density at radius 2 is 1.44 bits per heavy atom. The fourth-order valence-electron chi connectivity index (χ4n) is 1.47. The van der Waals surface area contributed by atoms with Crippen LogP contribution in [0.4, 0.5) is 0 Å². The summed E-state index contributed by atoms with van der Waals surface area (Å²) < 4.78 is 13.7. The molecule has 5 nitrogen and oxygen atoms in total. The van der Waals surface area contributed by atoms with Gasteiger partial charge in [-0.05, 0) is 0 Å². The number of hydrogen-bond donors (Lipinski definition) is 0. The maximum atomic E-state index is 5.01. The lowest BCUT2D eigenvalue weighted by Gasteiger charge is -1.91. The van der Waals surface area contributed by atoms with Gasteiger partial charge in [-0.1, -0.05) is 0 Å². The Bertz CT molecular complexity index is 524. The standard InChI is InChI=1S/C11H9N3O2/c1-3-15-8-13(1)10-5-11(7-12-6-10)14-2-4-16-9-14/h1-9H/q+2. The van der Waals surface area contributed by atoms with Crippen LogP contribution in [0.5, 0.6) is 0 Å². The Balaban J connectivity index is 2.07. The third-order valence-electron chi connectivity index (χ3n) is 2.25. The molecule has 0 aliphatic carbocycles. The zero-order valence-electron chi connectivity index (χ0n) is 8.35. The van der Waals surface area contributed by atoms with Crippen molar-refractivity contribution in [2.75, 3.05) is 0 Å². The maximum Gasteiger partial charge on any atom is 0.340 e. The van der Waals surface area contributed by atoms with E-state index >= 15 is 0 Å². The Labute approximate surface area is 91.2 Å². The Hall–Kier alpha value is -2.43. The summed E-state index contributed by atoms with van der Waals surface area (Å²) in [5.74, 6) is 0. The highest BCUT2D eigenvalue weighted by atomic mass is 16.3. The number of pyridine rings is 1. The largest absolute Gasteiger partial charge is 0.412 e. The van der Waals surface area contributed by atoms with Gasteiger partial charge in [0.1, 0.15) is 0 Å². The molecule has 0 aliphatic rings. The summed E-state index contributed by atoms with van der Waals surface area (Å²) in [5.41, 5.74) is 1.86. The first-order chi connectivity index (χ1) is 7.93. The molecule has 3 heterocycles. The third-order valence-corrected chi connectivity index (χ3v) is 2.25. The molecule has 3 aromatic rings. The van der Waals surface area contributed by atoms with Crippen LogP contribution in [-0.4, -0.2) is 4.98 Å². The summed E-state index contributed by atoms with van der Waals surface area (Å²) in [4.78, 5) is 4.17. The van der Waals surface area contributed by atoms with Gasteiger partial charge in [0.2, 0.25) is 23.8 Å². The van der Waals surface area contributed by atoms with Crippen LogP contribution in [0.15, 0.2) is 65.0 Å². The van der Waals surface area contributed by atoms with Crippen LogP contribution in [0, 0.1) is 0 Å². The molecule has 0 radical (unpaired) electrons. The Morgan fingerprint density at radius 1 is 0.875 bits per heavy atom.